The Morgan fingerprint density at radius 2 is 1.46 bits per heavy atom. The number of nitrogens with zero attached hydrogens (tertiary/aromatic N) is 1. The third-order valence-corrected chi connectivity index (χ3v) is 9.82. The number of hydrogen-bond acceptors (Lipinski definition) is 6. The van der Waals surface area contributed by atoms with Crippen LogP contribution < -0.4 is 0 Å². The molecule has 2 heterocycles. The lowest BCUT2D eigenvalue weighted by Gasteiger charge is -2.31. The van der Waals surface area contributed by atoms with Gasteiger partial charge in [0.25, 0.3) is 0 Å². The van der Waals surface area contributed by atoms with Crippen molar-refractivity contribution < 1.29 is 21.7 Å². The lowest BCUT2D eigenvalue weighted by atomic mass is 10.0. The molecule has 0 aliphatic carbocycles. The molecule has 0 amide bonds. The number of fused-ring (bicyclic) bond motifs is 2. The number of hydroxylamine groups is 2. The van der Waals surface area contributed by atoms with Crippen molar-refractivity contribution in [1.29, 1.82) is 0 Å². The zero-order valence-electron chi connectivity index (χ0n) is 14.1. The number of benzene rings is 2. The second-order valence-electron chi connectivity index (χ2n) is 6.72. The molecule has 4 unspecified atom stereocenters. The summed E-state index contributed by atoms with van der Waals surface area (Å²) in [5.41, 5.74) is 0. The zero-order valence-corrected chi connectivity index (χ0v) is 15.8. The molecule has 2 saturated heterocycles. The molecule has 4 rings (SSSR count). The molecule has 0 N–H and O–H groups in total. The van der Waals surface area contributed by atoms with Gasteiger partial charge in [-0.15, -0.1) is 0 Å². The number of sulfone groups is 2. The standard InChI is InChI=1S/C18H19NO5S2/c1-14-12-18(26(22,23)16-10-6-3-7-11-16)17(13-19(14)24-18)25(20,21)15-8-4-2-5-9-15/h2-11,14,17H,12-13H2,1H3. The first-order valence-corrected chi connectivity index (χ1v) is 11.4. The first-order valence-electron chi connectivity index (χ1n) is 8.33. The van der Waals surface area contributed by atoms with Crippen LogP contribution in [0.4, 0.5) is 0 Å². The van der Waals surface area contributed by atoms with Crippen molar-refractivity contribution in [2.45, 2.75) is 39.4 Å². The molecule has 138 valence electrons. The molecule has 2 aromatic rings. The maximum absolute atomic E-state index is 13.4. The van der Waals surface area contributed by atoms with Crippen LogP contribution in [0, 0.1) is 0 Å². The van der Waals surface area contributed by atoms with E-state index in [0.29, 0.717) is 0 Å². The molecule has 26 heavy (non-hydrogen) atoms. The van der Waals surface area contributed by atoms with Crippen molar-refractivity contribution in [1.82, 2.24) is 5.06 Å². The van der Waals surface area contributed by atoms with Gasteiger partial charge in [0, 0.05) is 19.0 Å². The zero-order chi connectivity index (χ0) is 18.6. The molecular weight excluding hydrogens is 374 g/mol. The van der Waals surface area contributed by atoms with Gasteiger partial charge in [-0.05, 0) is 31.2 Å². The van der Waals surface area contributed by atoms with Gasteiger partial charge in [0.15, 0.2) is 9.84 Å². The van der Waals surface area contributed by atoms with E-state index < -0.39 is 29.9 Å². The summed E-state index contributed by atoms with van der Waals surface area (Å²) in [5.74, 6) is 0. The Labute approximate surface area is 153 Å². The van der Waals surface area contributed by atoms with Gasteiger partial charge >= 0.3 is 0 Å². The van der Waals surface area contributed by atoms with Crippen LogP contribution in [0.25, 0.3) is 0 Å². The van der Waals surface area contributed by atoms with E-state index in [9.17, 15) is 16.8 Å². The maximum Gasteiger partial charge on any atom is 0.214 e. The molecule has 0 radical (unpaired) electrons. The Balaban J connectivity index is 1.87. The summed E-state index contributed by atoms with van der Waals surface area (Å²) in [6.07, 6.45) is 0.112. The van der Waals surface area contributed by atoms with Gasteiger partial charge in [-0.25, -0.2) is 16.8 Å². The third-order valence-electron chi connectivity index (χ3n) is 5.13. The second kappa shape index (κ2) is 5.88. The fraction of sp³-hybridized carbons (Fsp3) is 0.333. The predicted octanol–water partition coefficient (Wildman–Crippen LogP) is 2.04. The summed E-state index contributed by atoms with van der Waals surface area (Å²) in [5, 5.41) is 0.310. The summed E-state index contributed by atoms with van der Waals surface area (Å²) in [6, 6.07) is 15.7. The monoisotopic (exact) mass is 393 g/mol. The second-order valence-corrected chi connectivity index (χ2v) is 11.0. The molecular formula is C18H19NO5S2. The minimum Gasteiger partial charge on any atom is -0.274 e. The van der Waals surface area contributed by atoms with E-state index in [1.54, 1.807) is 36.4 Å². The van der Waals surface area contributed by atoms with Crippen LogP contribution in [0.1, 0.15) is 13.3 Å². The van der Waals surface area contributed by atoms with Crippen molar-refractivity contribution in [2.24, 2.45) is 0 Å². The van der Waals surface area contributed by atoms with Crippen LogP contribution in [0.5, 0.6) is 0 Å². The van der Waals surface area contributed by atoms with Gasteiger partial charge in [0.1, 0.15) is 5.25 Å². The molecule has 0 saturated carbocycles. The minimum absolute atomic E-state index is 0.0322. The van der Waals surface area contributed by atoms with Crippen molar-refractivity contribution >= 4 is 19.7 Å². The van der Waals surface area contributed by atoms with Gasteiger partial charge in [0.05, 0.1) is 9.79 Å². The Kier molecular flexibility index (Phi) is 4.00. The Bertz CT molecular complexity index is 1020. The van der Waals surface area contributed by atoms with E-state index in [2.05, 4.69) is 0 Å². The Hall–Kier alpha value is -1.74. The lowest BCUT2D eigenvalue weighted by molar-refractivity contribution is -0.121. The molecule has 4 atom stereocenters. The number of hydrogen-bond donors (Lipinski definition) is 0. The Morgan fingerprint density at radius 1 is 0.923 bits per heavy atom. The molecule has 8 heteroatoms. The van der Waals surface area contributed by atoms with Crippen LogP contribution in [-0.4, -0.2) is 44.7 Å². The van der Waals surface area contributed by atoms with E-state index in [0.717, 1.165) is 0 Å². The van der Waals surface area contributed by atoms with E-state index in [-0.39, 0.29) is 28.8 Å². The largest absolute Gasteiger partial charge is 0.274 e. The van der Waals surface area contributed by atoms with E-state index in [1.165, 1.54) is 29.3 Å². The first kappa shape index (κ1) is 17.7. The molecule has 2 aliphatic heterocycles. The molecule has 2 fully saturated rings. The normalized spacial score (nSPS) is 31.2. The average molecular weight is 393 g/mol. The summed E-state index contributed by atoms with van der Waals surface area (Å²) < 4.78 is 53.4. The van der Waals surface area contributed by atoms with Gasteiger partial charge in [-0.2, -0.15) is 5.06 Å². The van der Waals surface area contributed by atoms with Crippen molar-refractivity contribution in [3.63, 3.8) is 0 Å². The first-order chi connectivity index (χ1) is 12.3. The van der Waals surface area contributed by atoms with E-state index >= 15 is 0 Å². The SMILES string of the molecule is CC1CC2(S(=O)(=O)c3ccccc3)ON1CC2S(=O)(=O)c1ccccc1. The lowest BCUT2D eigenvalue weighted by Crippen LogP contribution is -2.53. The van der Waals surface area contributed by atoms with Crippen LogP contribution in [0.2, 0.25) is 0 Å². The molecule has 2 bridgehead atoms. The molecule has 0 aromatic heterocycles. The fourth-order valence-corrected chi connectivity index (χ4v) is 8.36. The summed E-state index contributed by atoms with van der Waals surface area (Å²) in [4.78, 5) is 4.16. The van der Waals surface area contributed by atoms with E-state index in [4.69, 9.17) is 4.84 Å². The number of piperidine rings is 1. The van der Waals surface area contributed by atoms with Crippen LogP contribution in [0.3, 0.4) is 0 Å². The Morgan fingerprint density at radius 3 is 2.00 bits per heavy atom. The van der Waals surface area contributed by atoms with Crippen molar-refractivity contribution in [3.05, 3.63) is 60.7 Å². The third kappa shape index (κ3) is 2.36. The summed E-state index contributed by atoms with van der Waals surface area (Å²) in [7, 11) is -7.91. The molecule has 0 spiro atoms. The highest BCUT2D eigenvalue weighted by molar-refractivity contribution is 7.96. The van der Waals surface area contributed by atoms with Crippen LogP contribution >= 0.6 is 0 Å². The van der Waals surface area contributed by atoms with Crippen molar-refractivity contribution in [3.8, 4) is 0 Å². The smallest absolute Gasteiger partial charge is 0.214 e. The summed E-state index contributed by atoms with van der Waals surface area (Å²) >= 11 is 0. The van der Waals surface area contributed by atoms with Crippen LogP contribution in [-0.2, 0) is 24.5 Å². The minimum atomic E-state index is -4.03. The van der Waals surface area contributed by atoms with Gasteiger partial charge < -0.3 is 0 Å². The predicted molar refractivity (Wildman–Crippen MR) is 95.6 cm³/mol. The van der Waals surface area contributed by atoms with Gasteiger partial charge in [-0.3, -0.25) is 4.84 Å². The average Bonchev–Trinajstić information content (AvgIpc) is 3.20. The fourth-order valence-electron chi connectivity index (χ4n) is 3.79. The quantitative estimate of drug-likeness (QED) is 0.791. The highest BCUT2D eigenvalue weighted by Gasteiger charge is 2.68. The van der Waals surface area contributed by atoms with E-state index in [1.807, 2.05) is 6.92 Å². The highest BCUT2D eigenvalue weighted by Crippen LogP contribution is 2.50. The molecule has 6 nitrogen and oxygen atoms in total. The highest BCUT2D eigenvalue weighted by atomic mass is 32.2. The topological polar surface area (TPSA) is 80.8 Å². The number of rotatable bonds is 4. The van der Waals surface area contributed by atoms with Crippen molar-refractivity contribution in [2.75, 3.05) is 6.54 Å². The van der Waals surface area contributed by atoms with Gasteiger partial charge in [-0.1, -0.05) is 36.4 Å². The molecule has 2 aliphatic rings. The van der Waals surface area contributed by atoms with Crippen LogP contribution in [0.15, 0.2) is 70.5 Å². The van der Waals surface area contributed by atoms with Gasteiger partial charge in [0.2, 0.25) is 14.8 Å². The molecule has 2 aromatic carbocycles. The maximum atomic E-state index is 13.4. The summed E-state index contributed by atoms with van der Waals surface area (Å²) in [6.45, 7) is 1.87.